The number of rotatable bonds is 4. The van der Waals surface area contributed by atoms with Crippen LogP contribution in [0.4, 0.5) is 0 Å². The Kier molecular flexibility index (Phi) is 4.03. The van der Waals surface area contributed by atoms with E-state index in [9.17, 15) is 8.42 Å². The van der Waals surface area contributed by atoms with Gasteiger partial charge in [0.15, 0.2) is 14.9 Å². The van der Waals surface area contributed by atoms with Gasteiger partial charge in [-0.05, 0) is 37.1 Å². The molecule has 2 aliphatic rings. The molecule has 2 fully saturated rings. The molecule has 0 unspecified atom stereocenters. The number of ether oxygens (including phenoxy) is 1. The summed E-state index contributed by atoms with van der Waals surface area (Å²) >= 11 is 6.22. The Morgan fingerprint density at radius 1 is 1.23 bits per heavy atom. The molecule has 1 spiro atoms. The lowest BCUT2D eigenvalue weighted by Gasteiger charge is -2.53. The molecule has 6 rings (SSSR count). The van der Waals surface area contributed by atoms with Gasteiger partial charge in [0.2, 0.25) is 0 Å². The van der Waals surface area contributed by atoms with Crippen molar-refractivity contribution in [2.75, 3.05) is 19.5 Å². The van der Waals surface area contributed by atoms with E-state index in [0.29, 0.717) is 33.9 Å². The monoisotopic (exact) mass is 457 g/mol. The second-order valence-corrected chi connectivity index (χ2v) is 11.1. The highest BCUT2D eigenvalue weighted by molar-refractivity contribution is 7.90. The van der Waals surface area contributed by atoms with E-state index in [4.69, 9.17) is 21.3 Å². The molecule has 0 amide bonds. The number of imidazole rings is 1. The first kappa shape index (κ1) is 19.2. The van der Waals surface area contributed by atoms with Crippen molar-refractivity contribution in [3.05, 3.63) is 47.5 Å². The highest BCUT2D eigenvalue weighted by Crippen LogP contribution is 2.54. The fourth-order valence-corrected chi connectivity index (χ4v) is 5.89. The Hall–Kier alpha value is -2.49. The number of sulfone groups is 1. The lowest BCUT2D eigenvalue weighted by molar-refractivity contribution is -0.174. The zero-order valence-corrected chi connectivity index (χ0v) is 18.4. The van der Waals surface area contributed by atoms with Crippen LogP contribution in [0.25, 0.3) is 21.9 Å². The second-order valence-electron chi connectivity index (χ2n) is 8.71. The molecular weight excluding hydrogens is 438 g/mol. The van der Waals surface area contributed by atoms with Gasteiger partial charge in [-0.1, -0.05) is 11.6 Å². The third-order valence-electron chi connectivity index (χ3n) is 6.41. The molecule has 1 saturated heterocycles. The van der Waals surface area contributed by atoms with Crippen LogP contribution in [0.3, 0.4) is 0 Å². The molecule has 1 aliphatic heterocycles. The van der Waals surface area contributed by atoms with E-state index < -0.39 is 9.84 Å². The minimum absolute atomic E-state index is 0.0600. The summed E-state index contributed by atoms with van der Waals surface area (Å²) in [5, 5.41) is 5.69. The summed E-state index contributed by atoms with van der Waals surface area (Å²) in [6.07, 6.45) is 6.49. The van der Waals surface area contributed by atoms with Crippen molar-refractivity contribution in [2.45, 2.75) is 30.5 Å². The standard InChI is InChI=1S/C21H20ClN5O3S/c1-31(28,29)20-15-4-5-23-9-18(15)26(25-20)10-19-24-16-6-13(22)2-3-17(16)27(19)14-7-21(8-14)11-30-12-21/h2-6,9,14H,7-8,10-12H2,1H3. The maximum Gasteiger partial charge on any atom is 0.195 e. The van der Waals surface area contributed by atoms with E-state index in [2.05, 4.69) is 14.6 Å². The van der Waals surface area contributed by atoms with Gasteiger partial charge in [0.25, 0.3) is 0 Å². The van der Waals surface area contributed by atoms with Crippen LogP contribution in [-0.2, 0) is 21.1 Å². The van der Waals surface area contributed by atoms with Gasteiger partial charge in [0.1, 0.15) is 5.82 Å². The predicted octanol–water partition coefficient (Wildman–Crippen LogP) is 3.24. The number of hydrogen-bond acceptors (Lipinski definition) is 6. The van der Waals surface area contributed by atoms with Crippen LogP contribution in [0.15, 0.2) is 41.7 Å². The summed E-state index contributed by atoms with van der Waals surface area (Å²) in [6, 6.07) is 7.75. The fraction of sp³-hybridized carbons (Fsp3) is 0.381. The van der Waals surface area contributed by atoms with Gasteiger partial charge in [-0.25, -0.2) is 13.4 Å². The largest absolute Gasteiger partial charge is 0.380 e. The Balaban J connectivity index is 1.47. The minimum atomic E-state index is -3.48. The van der Waals surface area contributed by atoms with Crippen molar-refractivity contribution in [1.29, 1.82) is 0 Å². The zero-order chi connectivity index (χ0) is 21.4. The second kappa shape index (κ2) is 6.51. The van der Waals surface area contributed by atoms with Gasteiger partial charge in [-0.2, -0.15) is 5.10 Å². The first-order valence-corrected chi connectivity index (χ1v) is 12.3. The average Bonchev–Trinajstić information content (AvgIpc) is 3.18. The van der Waals surface area contributed by atoms with Gasteiger partial charge in [-0.15, -0.1) is 0 Å². The van der Waals surface area contributed by atoms with E-state index >= 15 is 0 Å². The molecule has 0 bridgehead atoms. The smallest absolute Gasteiger partial charge is 0.195 e. The lowest BCUT2D eigenvalue weighted by atomic mass is 9.64. The van der Waals surface area contributed by atoms with Crippen molar-refractivity contribution in [3.63, 3.8) is 0 Å². The molecular formula is C21H20ClN5O3S. The Morgan fingerprint density at radius 3 is 2.74 bits per heavy atom. The molecule has 3 aromatic heterocycles. The first-order chi connectivity index (χ1) is 14.8. The van der Waals surface area contributed by atoms with Crippen LogP contribution in [0.2, 0.25) is 5.02 Å². The molecule has 0 N–H and O–H groups in total. The summed E-state index contributed by atoms with van der Waals surface area (Å²) in [4.78, 5) is 9.03. The molecule has 1 saturated carbocycles. The Morgan fingerprint density at radius 2 is 2.03 bits per heavy atom. The van der Waals surface area contributed by atoms with Crippen molar-refractivity contribution >= 4 is 43.4 Å². The Labute approximate surface area is 183 Å². The molecule has 4 heterocycles. The predicted molar refractivity (Wildman–Crippen MR) is 116 cm³/mol. The summed E-state index contributed by atoms with van der Waals surface area (Å²) in [5.41, 5.74) is 2.82. The van der Waals surface area contributed by atoms with Crippen LogP contribution < -0.4 is 0 Å². The number of nitrogens with zero attached hydrogens (tertiary/aromatic N) is 5. The van der Waals surface area contributed by atoms with Crippen LogP contribution >= 0.6 is 11.6 Å². The number of benzene rings is 1. The number of aromatic nitrogens is 5. The maximum absolute atomic E-state index is 12.3. The summed E-state index contributed by atoms with van der Waals surface area (Å²) in [6.45, 7) is 1.99. The zero-order valence-electron chi connectivity index (χ0n) is 16.8. The molecule has 0 radical (unpaired) electrons. The maximum atomic E-state index is 12.3. The van der Waals surface area contributed by atoms with Gasteiger partial charge in [-0.3, -0.25) is 9.67 Å². The number of pyridine rings is 1. The third kappa shape index (κ3) is 2.98. The topological polar surface area (TPSA) is 91.9 Å². The molecule has 160 valence electrons. The molecule has 1 aromatic carbocycles. The number of fused-ring (bicyclic) bond motifs is 2. The molecule has 4 aromatic rings. The molecule has 10 heteroatoms. The lowest BCUT2D eigenvalue weighted by Crippen LogP contribution is -2.52. The molecule has 31 heavy (non-hydrogen) atoms. The van der Waals surface area contributed by atoms with E-state index in [1.807, 2.05) is 18.2 Å². The van der Waals surface area contributed by atoms with Gasteiger partial charge in [0.05, 0.1) is 42.5 Å². The van der Waals surface area contributed by atoms with Crippen molar-refractivity contribution in [2.24, 2.45) is 5.41 Å². The molecule has 8 nitrogen and oxygen atoms in total. The molecule has 1 aliphatic carbocycles. The van der Waals surface area contributed by atoms with E-state index in [1.165, 1.54) is 6.26 Å². The van der Waals surface area contributed by atoms with Gasteiger partial charge in [0, 0.05) is 34.3 Å². The first-order valence-electron chi connectivity index (χ1n) is 10.1. The number of halogens is 1. The fourth-order valence-electron chi connectivity index (χ4n) is 4.91. The minimum Gasteiger partial charge on any atom is -0.380 e. The SMILES string of the molecule is CS(=O)(=O)c1nn(Cc2nc3cc(Cl)ccc3n2C2CC3(COC3)C2)c2cnccc12. The van der Waals surface area contributed by atoms with Crippen LogP contribution in [0.1, 0.15) is 24.7 Å². The average molecular weight is 458 g/mol. The molecule has 0 atom stereocenters. The van der Waals surface area contributed by atoms with Crippen molar-refractivity contribution in [1.82, 2.24) is 24.3 Å². The number of hydrogen-bond donors (Lipinski definition) is 0. The Bertz CT molecular complexity index is 1450. The highest BCUT2D eigenvalue weighted by Gasteiger charge is 2.51. The van der Waals surface area contributed by atoms with Crippen LogP contribution in [-0.4, -0.2) is 52.2 Å². The van der Waals surface area contributed by atoms with Gasteiger partial charge >= 0.3 is 0 Å². The van der Waals surface area contributed by atoms with Crippen molar-refractivity contribution < 1.29 is 13.2 Å². The van der Waals surface area contributed by atoms with E-state index in [-0.39, 0.29) is 5.03 Å². The van der Waals surface area contributed by atoms with Gasteiger partial charge < -0.3 is 9.30 Å². The van der Waals surface area contributed by atoms with Crippen LogP contribution in [0.5, 0.6) is 0 Å². The normalized spacial score (nSPS) is 18.5. The summed E-state index contributed by atoms with van der Waals surface area (Å²) in [5.74, 6) is 0.825. The van der Waals surface area contributed by atoms with Crippen LogP contribution in [0, 0.1) is 5.41 Å². The summed E-state index contributed by atoms with van der Waals surface area (Å²) < 4.78 is 34.0. The third-order valence-corrected chi connectivity index (χ3v) is 7.65. The highest BCUT2D eigenvalue weighted by atomic mass is 35.5. The summed E-state index contributed by atoms with van der Waals surface area (Å²) in [7, 11) is -3.48. The van der Waals surface area contributed by atoms with Crippen molar-refractivity contribution in [3.8, 4) is 0 Å². The van der Waals surface area contributed by atoms with E-state index in [1.54, 1.807) is 23.1 Å². The quantitative estimate of drug-likeness (QED) is 0.467. The van der Waals surface area contributed by atoms with E-state index in [0.717, 1.165) is 42.9 Å².